The fraction of sp³-hybridized carbons (Fsp3) is 0.389. The lowest BCUT2D eigenvalue weighted by Gasteiger charge is -2.26. The lowest BCUT2D eigenvalue weighted by atomic mass is 9.94. The highest BCUT2D eigenvalue weighted by molar-refractivity contribution is 7.89. The van der Waals surface area contributed by atoms with E-state index >= 15 is 0 Å². The molecule has 4 rings (SSSR count). The Balaban J connectivity index is 1.69. The molecule has 2 aromatic heterocycles. The van der Waals surface area contributed by atoms with Crippen molar-refractivity contribution in [2.75, 3.05) is 5.73 Å². The molecule has 0 amide bonds. The Hall–Kier alpha value is -2.56. The van der Waals surface area contributed by atoms with Gasteiger partial charge in [0, 0.05) is 11.6 Å². The molecule has 1 aliphatic carbocycles. The van der Waals surface area contributed by atoms with Gasteiger partial charge in [0.2, 0.25) is 10.0 Å². The number of aliphatic hydroxyl groups is 1. The smallest absolute Gasteiger partial charge is 0.240 e. The third-order valence-electron chi connectivity index (χ3n) is 5.14. The second kappa shape index (κ2) is 7.12. The number of imidazole rings is 1. The highest BCUT2D eigenvalue weighted by Crippen LogP contribution is 2.28. The molecule has 0 unspecified atom stereocenters. The van der Waals surface area contributed by atoms with Crippen molar-refractivity contribution in [1.82, 2.24) is 24.3 Å². The minimum absolute atomic E-state index is 0.165. The second-order valence-corrected chi connectivity index (χ2v) is 8.84. The van der Waals surface area contributed by atoms with Gasteiger partial charge in [-0.25, -0.2) is 27.6 Å². The Bertz CT molecular complexity index is 1120. The first-order chi connectivity index (χ1) is 13.3. The SMILES string of the molecule is Cc1ccc(S(=O)(=O)NC2CCC(O)CC2)cc1-c1cnc2c(N)ncnn12. The van der Waals surface area contributed by atoms with Crippen LogP contribution in [0.3, 0.4) is 0 Å². The third-order valence-corrected chi connectivity index (χ3v) is 6.66. The summed E-state index contributed by atoms with van der Waals surface area (Å²) in [5, 5.41) is 13.8. The van der Waals surface area contributed by atoms with Crippen LogP contribution >= 0.6 is 0 Å². The number of rotatable bonds is 4. The van der Waals surface area contributed by atoms with Crippen LogP contribution in [0.4, 0.5) is 5.82 Å². The van der Waals surface area contributed by atoms with Crippen LogP contribution in [-0.2, 0) is 10.0 Å². The summed E-state index contributed by atoms with van der Waals surface area (Å²) in [4.78, 5) is 8.35. The van der Waals surface area contributed by atoms with Crippen molar-refractivity contribution in [1.29, 1.82) is 0 Å². The van der Waals surface area contributed by atoms with Crippen LogP contribution in [-0.4, -0.2) is 45.3 Å². The van der Waals surface area contributed by atoms with Crippen molar-refractivity contribution in [2.45, 2.75) is 49.6 Å². The van der Waals surface area contributed by atoms with Crippen molar-refractivity contribution < 1.29 is 13.5 Å². The average molecular weight is 402 g/mol. The summed E-state index contributed by atoms with van der Waals surface area (Å²) in [5.41, 5.74) is 8.49. The predicted molar refractivity (Wildman–Crippen MR) is 104 cm³/mol. The zero-order valence-corrected chi connectivity index (χ0v) is 16.2. The van der Waals surface area contributed by atoms with Gasteiger partial charge < -0.3 is 10.8 Å². The summed E-state index contributed by atoms with van der Waals surface area (Å²) < 4.78 is 30.1. The molecule has 0 spiro atoms. The molecule has 3 aromatic rings. The predicted octanol–water partition coefficient (Wildman–Crippen LogP) is 1.26. The molecule has 0 bridgehead atoms. The van der Waals surface area contributed by atoms with Gasteiger partial charge in [0.15, 0.2) is 11.5 Å². The van der Waals surface area contributed by atoms with Gasteiger partial charge in [0.1, 0.15) is 6.33 Å². The van der Waals surface area contributed by atoms with Gasteiger partial charge in [0.05, 0.1) is 22.9 Å². The fourth-order valence-corrected chi connectivity index (χ4v) is 4.87. The van der Waals surface area contributed by atoms with E-state index in [2.05, 4.69) is 19.8 Å². The van der Waals surface area contributed by atoms with Gasteiger partial charge in [-0.1, -0.05) is 6.07 Å². The monoisotopic (exact) mass is 402 g/mol. The molecular weight excluding hydrogens is 380 g/mol. The number of benzene rings is 1. The van der Waals surface area contributed by atoms with E-state index in [9.17, 15) is 13.5 Å². The van der Waals surface area contributed by atoms with Crippen LogP contribution in [0.15, 0.2) is 35.6 Å². The van der Waals surface area contributed by atoms with Gasteiger partial charge in [-0.3, -0.25) is 0 Å². The Morgan fingerprint density at radius 1 is 1.21 bits per heavy atom. The Morgan fingerprint density at radius 2 is 1.96 bits per heavy atom. The van der Waals surface area contributed by atoms with Crippen molar-refractivity contribution in [3.63, 3.8) is 0 Å². The molecule has 1 saturated carbocycles. The number of nitrogens with zero attached hydrogens (tertiary/aromatic N) is 4. The summed E-state index contributed by atoms with van der Waals surface area (Å²) in [7, 11) is -3.69. The van der Waals surface area contributed by atoms with Crippen molar-refractivity contribution >= 4 is 21.5 Å². The van der Waals surface area contributed by atoms with Gasteiger partial charge >= 0.3 is 0 Å². The lowest BCUT2D eigenvalue weighted by molar-refractivity contribution is 0.120. The molecule has 0 saturated heterocycles. The van der Waals surface area contributed by atoms with Crippen molar-refractivity contribution in [3.8, 4) is 11.3 Å². The van der Waals surface area contributed by atoms with E-state index in [0.717, 1.165) is 5.56 Å². The summed E-state index contributed by atoms with van der Waals surface area (Å²) in [6.45, 7) is 1.89. The number of aryl methyl sites for hydroxylation is 1. The maximum Gasteiger partial charge on any atom is 0.240 e. The molecule has 0 aliphatic heterocycles. The summed E-state index contributed by atoms with van der Waals surface area (Å²) in [5.74, 6) is 0.254. The standard InChI is InChI=1S/C18H22N6O3S/c1-11-2-7-14(28(26,27)23-12-3-5-13(25)6-4-12)8-15(11)16-9-20-18-17(19)21-10-22-24(16)18/h2,7-10,12-13,23,25H,3-6H2,1H3,(H2,19,21,22). The minimum Gasteiger partial charge on any atom is -0.393 e. The molecule has 0 atom stereocenters. The maximum absolute atomic E-state index is 12.9. The Morgan fingerprint density at radius 3 is 2.71 bits per heavy atom. The summed E-state index contributed by atoms with van der Waals surface area (Å²) in [6.07, 6.45) is 5.07. The zero-order chi connectivity index (χ0) is 19.9. The molecular formula is C18H22N6O3S. The highest BCUT2D eigenvalue weighted by Gasteiger charge is 2.25. The van der Waals surface area contributed by atoms with Gasteiger partial charge in [-0.2, -0.15) is 5.10 Å². The van der Waals surface area contributed by atoms with Crippen LogP contribution in [0.25, 0.3) is 16.9 Å². The number of anilines is 1. The minimum atomic E-state index is -3.69. The Kier molecular flexibility index (Phi) is 4.77. The highest BCUT2D eigenvalue weighted by atomic mass is 32.2. The summed E-state index contributed by atoms with van der Waals surface area (Å²) in [6, 6.07) is 4.81. The number of aliphatic hydroxyl groups excluding tert-OH is 1. The van der Waals surface area contributed by atoms with Gasteiger partial charge in [0.25, 0.3) is 0 Å². The largest absolute Gasteiger partial charge is 0.393 e. The van der Waals surface area contributed by atoms with E-state index < -0.39 is 10.0 Å². The van der Waals surface area contributed by atoms with Crippen LogP contribution < -0.4 is 10.5 Å². The second-order valence-electron chi connectivity index (χ2n) is 7.13. The molecule has 4 N–H and O–H groups in total. The topological polar surface area (TPSA) is 136 Å². The zero-order valence-electron chi connectivity index (χ0n) is 15.4. The van der Waals surface area contributed by atoms with Crippen LogP contribution in [0, 0.1) is 6.92 Å². The number of nitrogens with one attached hydrogen (secondary N) is 1. The molecule has 1 fully saturated rings. The number of fused-ring (bicyclic) bond motifs is 1. The van der Waals surface area contributed by atoms with Crippen molar-refractivity contribution in [3.05, 3.63) is 36.3 Å². The van der Waals surface area contributed by atoms with Crippen LogP contribution in [0.1, 0.15) is 31.2 Å². The molecule has 1 aromatic carbocycles. The lowest BCUT2D eigenvalue weighted by Crippen LogP contribution is -2.38. The molecule has 1 aliphatic rings. The van der Waals surface area contributed by atoms with Crippen LogP contribution in [0.5, 0.6) is 0 Å². The number of aromatic nitrogens is 4. The quantitative estimate of drug-likeness (QED) is 0.598. The van der Waals surface area contributed by atoms with E-state index in [1.165, 1.54) is 6.33 Å². The van der Waals surface area contributed by atoms with E-state index in [-0.39, 0.29) is 22.9 Å². The number of nitrogen functional groups attached to an aromatic ring is 1. The molecule has 28 heavy (non-hydrogen) atoms. The van der Waals surface area contributed by atoms with Gasteiger partial charge in [-0.15, -0.1) is 0 Å². The van der Waals surface area contributed by atoms with Crippen molar-refractivity contribution in [2.24, 2.45) is 0 Å². The fourth-order valence-electron chi connectivity index (χ4n) is 3.54. The van der Waals surface area contributed by atoms with E-state index in [1.807, 2.05) is 6.92 Å². The molecule has 148 valence electrons. The third kappa shape index (κ3) is 3.46. The summed E-state index contributed by atoms with van der Waals surface area (Å²) >= 11 is 0. The first-order valence-corrected chi connectivity index (χ1v) is 10.6. The van der Waals surface area contributed by atoms with Crippen LogP contribution in [0.2, 0.25) is 0 Å². The first kappa shape index (κ1) is 18.8. The number of hydrogen-bond acceptors (Lipinski definition) is 7. The molecule has 10 heteroatoms. The number of sulfonamides is 1. The first-order valence-electron chi connectivity index (χ1n) is 9.11. The number of nitrogens with two attached hydrogens (primary N) is 1. The van der Waals surface area contributed by atoms with E-state index in [1.54, 1.807) is 28.9 Å². The normalized spacial score (nSPS) is 20.5. The molecule has 9 nitrogen and oxygen atoms in total. The maximum atomic E-state index is 12.9. The molecule has 0 radical (unpaired) electrons. The van der Waals surface area contributed by atoms with Gasteiger partial charge in [-0.05, 0) is 50.3 Å². The van der Waals surface area contributed by atoms with E-state index in [4.69, 9.17) is 5.73 Å². The average Bonchev–Trinajstić information content (AvgIpc) is 3.09. The van der Waals surface area contributed by atoms with E-state index in [0.29, 0.717) is 42.6 Å². The Labute approximate surface area is 162 Å². The number of hydrogen-bond donors (Lipinski definition) is 3. The molecule has 2 heterocycles.